The highest BCUT2D eigenvalue weighted by atomic mass is 16.6. The second-order valence-corrected chi connectivity index (χ2v) is 5.74. The van der Waals surface area contributed by atoms with Crippen LogP contribution in [-0.4, -0.2) is 63.9 Å². The molecule has 0 spiro atoms. The van der Waals surface area contributed by atoms with E-state index in [4.69, 9.17) is 0 Å². The molecule has 11 heteroatoms. The van der Waals surface area contributed by atoms with Crippen molar-refractivity contribution in [1.29, 1.82) is 0 Å². The molecular weight excluding hydrogens is 340 g/mol. The minimum absolute atomic E-state index is 0.0804. The fraction of sp³-hybridized carbons (Fsp3) is 0.333. The van der Waals surface area contributed by atoms with E-state index in [1.165, 1.54) is 18.6 Å². The van der Waals surface area contributed by atoms with E-state index in [9.17, 15) is 14.9 Å². The molecule has 0 bridgehead atoms. The summed E-state index contributed by atoms with van der Waals surface area (Å²) in [6.07, 6.45) is 2.71. The summed E-state index contributed by atoms with van der Waals surface area (Å²) in [4.78, 5) is 39.0. The van der Waals surface area contributed by atoms with Gasteiger partial charge in [0, 0.05) is 32.4 Å². The minimum Gasteiger partial charge on any atom is -0.348 e. The second-order valence-electron chi connectivity index (χ2n) is 5.74. The molecule has 1 fully saturated rings. The smallest absolute Gasteiger partial charge is 0.348 e. The van der Waals surface area contributed by atoms with Crippen LogP contribution in [0.15, 0.2) is 30.7 Å². The van der Waals surface area contributed by atoms with Crippen molar-refractivity contribution in [2.45, 2.75) is 0 Å². The van der Waals surface area contributed by atoms with Crippen LogP contribution in [0.4, 0.5) is 17.3 Å². The largest absolute Gasteiger partial charge is 0.355 e. The average molecular weight is 358 g/mol. The Morgan fingerprint density at radius 3 is 2.62 bits per heavy atom. The third-order valence-corrected chi connectivity index (χ3v) is 3.98. The van der Waals surface area contributed by atoms with E-state index in [-0.39, 0.29) is 23.0 Å². The van der Waals surface area contributed by atoms with E-state index >= 15 is 0 Å². The number of hydrogen-bond acceptors (Lipinski definition) is 9. The minimum atomic E-state index is -0.553. The monoisotopic (exact) mass is 358 g/mol. The number of hydrogen-bond donors (Lipinski definition) is 2. The molecule has 2 N–H and O–H groups in total. The number of rotatable bonds is 5. The molecule has 3 rings (SSSR count). The number of nitrogens with one attached hydrogen (secondary N) is 2. The van der Waals surface area contributed by atoms with Crippen LogP contribution < -0.4 is 15.8 Å². The number of aromatic nitrogens is 3. The first-order valence-electron chi connectivity index (χ1n) is 7.96. The maximum atomic E-state index is 12.1. The number of hydrazine groups is 1. The van der Waals surface area contributed by atoms with Crippen molar-refractivity contribution in [2.24, 2.45) is 0 Å². The van der Waals surface area contributed by atoms with Crippen LogP contribution in [0, 0.1) is 10.1 Å². The SMILES string of the molecule is CN1CCN(c2ncnc(NNC(=O)c3ccccn3)c2[N+](=O)[O-])CC1. The van der Waals surface area contributed by atoms with Gasteiger partial charge in [-0.25, -0.2) is 9.97 Å². The summed E-state index contributed by atoms with van der Waals surface area (Å²) < 4.78 is 0. The molecule has 0 aromatic carbocycles. The van der Waals surface area contributed by atoms with E-state index in [0.29, 0.717) is 13.1 Å². The third kappa shape index (κ3) is 3.83. The molecule has 0 unspecified atom stereocenters. The summed E-state index contributed by atoms with van der Waals surface area (Å²) in [5.41, 5.74) is 4.78. The van der Waals surface area contributed by atoms with E-state index in [1.807, 2.05) is 11.9 Å². The van der Waals surface area contributed by atoms with Crippen LogP contribution >= 0.6 is 0 Å². The van der Waals surface area contributed by atoms with Crippen molar-refractivity contribution < 1.29 is 9.72 Å². The van der Waals surface area contributed by atoms with E-state index in [2.05, 4.69) is 30.7 Å². The van der Waals surface area contributed by atoms with Gasteiger partial charge in [-0.05, 0) is 19.2 Å². The van der Waals surface area contributed by atoms with Gasteiger partial charge in [0.15, 0.2) is 0 Å². The van der Waals surface area contributed by atoms with Gasteiger partial charge >= 0.3 is 5.69 Å². The Kier molecular flexibility index (Phi) is 5.17. The van der Waals surface area contributed by atoms with Crippen molar-refractivity contribution in [1.82, 2.24) is 25.3 Å². The number of likely N-dealkylation sites (N-methyl/N-ethyl adjacent to an activating group) is 1. The van der Waals surface area contributed by atoms with Gasteiger partial charge in [-0.2, -0.15) is 0 Å². The number of amides is 1. The van der Waals surface area contributed by atoms with Crippen molar-refractivity contribution >= 4 is 23.2 Å². The molecular formula is C15H18N8O3. The fourth-order valence-electron chi connectivity index (χ4n) is 2.56. The van der Waals surface area contributed by atoms with Gasteiger partial charge < -0.3 is 9.80 Å². The van der Waals surface area contributed by atoms with Gasteiger partial charge in [0.2, 0.25) is 11.6 Å². The Labute approximate surface area is 149 Å². The van der Waals surface area contributed by atoms with Gasteiger partial charge in [0.25, 0.3) is 5.91 Å². The second kappa shape index (κ2) is 7.70. The standard InChI is InChI=1S/C15H18N8O3/c1-21-6-8-22(9-7-21)14-12(23(25)26)13(17-10-18-14)19-20-15(24)11-4-2-3-5-16-11/h2-5,10H,6-9H2,1H3,(H,20,24)(H,17,18,19). The molecule has 0 saturated carbocycles. The Bertz CT molecular complexity index is 793. The van der Waals surface area contributed by atoms with Crippen LogP contribution in [0.25, 0.3) is 0 Å². The first-order chi connectivity index (χ1) is 12.6. The molecule has 1 aliphatic rings. The topological polar surface area (TPSA) is 129 Å². The van der Waals surface area contributed by atoms with Gasteiger partial charge in [0.1, 0.15) is 12.0 Å². The van der Waals surface area contributed by atoms with Crippen molar-refractivity contribution in [3.8, 4) is 0 Å². The zero-order valence-corrected chi connectivity index (χ0v) is 14.1. The molecule has 0 aliphatic carbocycles. The summed E-state index contributed by atoms with van der Waals surface area (Å²) >= 11 is 0. The predicted molar refractivity (Wildman–Crippen MR) is 93.7 cm³/mol. The van der Waals surface area contributed by atoms with E-state index in [0.717, 1.165) is 13.1 Å². The lowest BCUT2D eigenvalue weighted by molar-refractivity contribution is -0.383. The molecule has 0 atom stereocenters. The number of nitrogens with zero attached hydrogens (tertiary/aromatic N) is 6. The number of pyridine rings is 1. The summed E-state index contributed by atoms with van der Waals surface area (Å²) in [6.45, 7) is 2.79. The highest BCUT2D eigenvalue weighted by molar-refractivity contribution is 5.93. The summed E-state index contributed by atoms with van der Waals surface area (Å²) in [5.74, 6) is -0.379. The summed E-state index contributed by atoms with van der Waals surface area (Å²) in [7, 11) is 1.99. The van der Waals surface area contributed by atoms with Crippen molar-refractivity contribution in [3.63, 3.8) is 0 Å². The van der Waals surface area contributed by atoms with Crippen molar-refractivity contribution in [3.05, 3.63) is 46.5 Å². The Morgan fingerprint density at radius 2 is 1.96 bits per heavy atom. The maximum Gasteiger partial charge on any atom is 0.355 e. The number of carbonyl (C=O) groups is 1. The summed E-state index contributed by atoms with van der Waals surface area (Å²) in [5, 5.41) is 11.6. The molecule has 1 saturated heterocycles. The summed E-state index contributed by atoms with van der Waals surface area (Å²) in [6, 6.07) is 4.88. The van der Waals surface area contributed by atoms with Crippen LogP contribution in [0.5, 0.6) is 0 Å². The lowest BCUT2D eigenvalue weighted by Gasteiger charge is -2.32. The molecule has 26 heavy (non-hydrogen) atoms. The normalized spacial score (nSPS) is 14.7. The molecule has 1 amide bonds. The maximum absolute atomic E-state index is 12.1. The average Bonchev–Trinajstić information content (AvgIpc) is 2.67. The molecule has 2 aromatic rings. The zero-order chi connectivity index (χ0) is 18.5. The molecule has 0 radical (unpaired) electrons. The number of carbonyl (C=O) groups excluding carboxylic acids is 1. The van der Waals surface area contributed by atoms with Gasteiger partial charge in [-0.1, -0.05) is 6.07 Å². The number of piperazine rings is 1. The van der Waals surface area contributed by atoms with E-state index in [1.54, 1.807) is 12.1 Å². The zero-order valence-electron chi connectivity index (χ0n) is 14.1. The van der Waals surface area contributed by atoms with Crippen LogP contribution in [0.2, 0.25) is 0 Å². The predicted octanol–water partition coefficient (Wildman–Crippen LogP) is 0.288. The first-order valence-corrected chi connectivity index (χ1v) is 7.96. The Morgan fingerprint density at radius 1 is 1.19 bits per heavy atom. The van der Waals surface area contributed by atoms with Gasteiger partial charge in [-0.15, -0.1) is 0 Å². The lowest BCUT2D eigenvalue weighted by Crippen LogP contribution is -2.45. The highest BCUT2D eigenvalue weighted by Gasteiger charge is 2.29. The first kappa shape index (κ1) is 17.5. The molecule has 11 nitrogen and oxygen atoms in total. The highest BCUT2D eigenvalue weighted by Crippen LogP contribution is 2.31. The van der Waals surface area contributed by atoms with Gasteiger partial charge in [-0.3, -0.25) is 30.7 Å². The molecule has 2 aromatic heterocycles. The van der Waals surface area contributed by atoms with Crippen LogP contribution in [0.1, 0.15) is 10.5 Å². The van der Waals surface area contributed by atoms with Crippen molar-refractivity contribution in [2.75, 3.05) is 43.6 Å². The Balaban J connectivity index is 1.80. The fourth-order valence-corrected chi connectivity index (χ4v) is 2.56. The number of anilines is 2. The van der Waals surface area contributed by atoms with Gasteiger partial charge in [0.05, 0.1) is 4.92 Å². The lowest BCUT2D eigenvalue weighted by atomic mass is 10.3. The number of nitro groups is 1. The molecule has 3 heterocycles. The third-order valence-electron chi connectivity index (χ3n) is 3.98. The van der Waals surface area contributed by atoms with Crippen LogP contribution in [-0.2, 0) is 0 Å². The van der Waals surface area contributed by atoms with Crippen LogP contribution in [0.3, 0.4) is 0 Å². The molecule has 136 valence electrons. The quantitative estimate of drug-likeness (QED) is 0.572. The Hall–Kier alpha value is -3.34. The molecule has 1 aliphatic heterocycles. The van der Waals surface area contributed by atoms with E-state index < -0.39 is 10.8 Å².